The Hall–Kier alpha value is -1.60. The number of carbonyl (C=O) groups excluding carboxylic acids is 2. The first-order valence-electron chi connectivity index (χ1n) is 6.27. The van der Waals surface area contributed by atoms with Gasteiger partial charge in [-0.1, -0.05) is 18.7 Å². The molecule has 1 unspecified atom stereocenters. The van der Waals surface area contributed by atoms with E-state index in [1.807, 2.05) is 6.92 Å². The number of amides is 1. The monoisotopic (exact) mass is 297 g/mol. The van der Waals surface area contributed by atoms with E-state index in [9.17, 15) is 19.5 Å². The average molecular weight is 297 g/mol. The van der Waals surface area contributed by atoms with Crippen molar-refractivity contribution in [1.82, 2.24) is 4.90 Å². The van der Waals surface area contributed by atoms with E-state index in [0.29, 0.717) is 17.7 Å². The summed E-state index contributed by atoms with van der Waals surface area (Å²) in [4.78, 5) is 36.0. The van der Waals surface area contributed by atoms with Crippen molar-refractivity contribution in [3.8, 4) is 0 Å². The summed E-state index contributed by atoms with van der Waals surface area (Å²) in [5.41, 5.74) is 0.0239. The molecular formula is C13H15NO5S. The van der Waals surface area contributed by atoms with Crippen LogP contribution in [0.1, 0.15) is 19.8 Å². The van der Waals surface area contributed by atoms with E-state index in [0.717, 1.165) is 11.8 Å². The van der Waals surface area contributed by atoms with Gasteiger partial charge in [0, 0.05) is 11.3 Å². The fraction of sp³-hybridized carbons (Fsp3) is 0.462. The molecule has 0 aromatic rings. The number of ketones is 1. The Morgan fingerprint density at radius 3 is 2.75 bits per heavy atom. The van der Waals surface area contributed by atoms with Crippen LogP contribution in [0.15, 0.2) is 22.1 Å². The third-order valence-electron chi connectivity index (χ3n) is 3.51. The van der Waals surface area contributed by atoms with Crippen LogP contribution in [0.25, 0.3) is 0 Å². The van der Waals surface area contributed by atoms with Gasteiger partial charge in [-0.25, -0.2) is 4.79 Å². The average Bonchev–Trinajstić information content (AvgIpc) is 2.74. The van der Waals surface area contributed by atoms with Crippen LogP contribution in [0.4, 0.5) is 0 Å². The van der Waals surface area contributed by atoms with E-state index in [2.05, 4.69) is 0 Å². The van der Waals surface area contributed by atoms with Gasteiger partial charge in [-0.05, 0) is 17.9 Å². The van der Waals surface area contributed by atoms with Crippen molar-refractivity contribution in [1.29, 1.82) is 0 Å². The van der Waals surface area contributed by atoms with Crippen LogP contribution in [-0.2, 0) is 14.4 Å². The van der Waals surface area contributed by atoms with E-state index in [1.54, 1.807) is 0 Å². The summed E-state index contributed by atoms with van der Waals surface area (Å²) in [6.07, 6.45) is 2.41. The van der Waals surface area contributed by atoms with Crippen molar-refractivity contribution in [2.45, 2.75) is 25.8 Å². The lowest BCUT2D eigenvalue weighted by atomic mass is 9.85. The second-order valence-corrected chi connectivity index (χ2v) is 5.62. The number of aliphatic carboxylic acids is 1. The van der Waals surface area contributed by atoms with E-state index in [1.165, 1.54) is 16.4 Å². The molecule has 0 bridgehead atoms. The van der Waals surface area contributed by atoms with E-state index < -0.39 is 18.4 Å². The SMILES string of the molecule is CCC1C(=O)N2C(C(=O)O)=C(S/C=C/C(=O)CO)C[C@H]12. The number of rotatable bonds is 6. The minimum atomic E-state index is -1.13. The molecule has 0 aromatic carbocycles. The number of carbonyl (C=O) groups is 3. The zero-order chi connectivity index (χ0) is 14.9. The van der Waals surface area contributed by atoms with E-state index in [-0.39, 0.29) is 23.6 Å². The van der Waals surface area contributed by atoms with Gasteiger partial charge in [-0.2, -0.15) is 0 Å². The normalized spacial score (nSPS) is 25.1. The van der Waals surface area contributed by atoms with Gasteiger partial charge in [-0.3, -0.25) is 9.59 Å². The summed E-state index contributed by atoms with van der Waals surface area (Å²) in [7, 11) is 0. The number of β-lactam (4-membered cyclic amide) rings is 1. The van der Waals surface area contributed by atoms with Gasteiger partial charge >= 0.3 is 5.97 Å². The molecule has 0 aromatic heterocycles. The molecular weight excluding hydrogens is 282 g/mol. The second kappa shape index (κ2) is 5.80. The topological polar surface area (TPSA) is 94.9 Å². The van der Waals surface area contributed by atoms with Crippen LogP contribution >= 0.6 is 11.8 Å². The molecule has 2 atom stereocenters. The largest absolute Gasteiger partial charge is 0.477 e. The number of aliphatic hydroxyl groups excluding tert-OH is 1. The third-order valence-corrected chi connectivity index (χ3v) is 4.43. The maximum absolute atomic E-state index is 11.9. The first-order valence-corrected chi connectivity index (χ1v) is 7.15. The molecule has 2 aliphatic heterocycles. The minimum Gasteiger partial charge on any atom is -0.477 e. The number of thioether (sulfide) groups is 1. The minimum absolute atomic E-state index is 0.0239. The highest BCUT2D eigenvalue weighted by Crippen LogP contribution is 2.47. The summed E-state index contributed by atoms with van der Waals surface area (Å²) in [5.74, 6) is -1.81. The van der Waals surface area contributed by atoms with Crippen molar-refractivity contribution in [2.24, 2.45) is 5.92 Å². The summed E-state index contributed by atoms with van der Waals surface area (Å²) in [5, 5.41) is 19.3. The van der Waals surface area contributed by atoms with E-state index in [4.69, 9.17) is 5.11 Å². The quantitative estimate of drug-likeness (QED) is 0.554. The summed E-state index contributed by atoms with van der Waals surface area (Å²) in [6, 6.07) is -0.0666. The highest BCUT2D eigenvalue weighted by Gasteiger charge is 2.54. The van der Waals surface area contributed by atoms with Gasteiger partial charge in [0.2, 0.25) is 5.91 Å². The van der Waals surface area contributed by atoms with Gasteiger partial charge in [0.25, 0.3) is 0 Å². The Balaban J connectivity index is 2.15. The Kier molecular flexibility index (Phi) is 4.29. The number of fused-ring (bicyclic) bond motifs is 1. The number of hydrogen-bond acceptors (Lipinski definition) is 5. The first kappa shape index (κ1) is 14.8. The van der Waals surface area contributed by atoms with Gasteiger partial charge in [-0.15, -0.1) is 0 Å². The molecule has 108 valence electrons. The van der Waals surface area contributed by atoms with Crippen molar-refractivity contribution in [2.75, 3.05) is 6.61 Å². The molecule has 7 heteroatoms. The van der Waals surface area contributed by atoms with Crippen molar-refractivity contribution in [3.05, 3.63) is 22.1 Å². The first-order chi connectivity index (χ1) is 9.51. The summed E-state index contributed by atoms with van der Waals surface area (Å²) in [6.45, 7) is 1.33. The smallest absolute Gasteiger partial charge is 0.353 e. The lowest BCUT2D eigenvalue weighted by Crippen LogP contribution is -2.58. The zero-order valence-corrected chi connectivity index (χ0v) is 11.7. The molecule has 0 aliphatic carbocycles. The molecule has 0 spiro atoms. The predicted molar refractivity (Wildman–Crippen MR) is 72.5 cm³/mol. The molecule has 20 heavy (non-hydrogen) atoms. The summed E-state index contributed by atoms with van der Waals surface area (Å²) < 4.78 is 0. The molecule has 2 N–H and O–H groups in total. The Bertz CT molecular complexity index is 525. The van der Waals surface area contributed by atoms with Crippen molar-refractivity contribution >= 4 is 29.4 Å². The predicted octanol–water partition coefficient (Wildman–Crippen LogP) is 0.732. The Morgan fingerprint density at radius 1 is 1.50 bits per heavy atom. The van der Waals surface area contributed by atoms with E-state index >= 15 is 0 Å². The lowest BCUT2D eigenvalue weighted by molar-refractivity contribution is -0.155. The van der Waals surface area contributed by atoms with Crippen LogP contribution in [0.5, 0.6) is 0 Å². The Morgan fingerprint density at radius 2 is 2.20 bits per heavy atom. The molecule has 1 fully saturated rings. The second-order valence-electron chi connectivity index (χ2n) is 4.62. The maximum Gasteiger partial charge on any atom is 0.353 e. The lowest BCUT2D eigenvalue weighted by Gasteiger charge is -2.42. The number of aliphatic hydroxyl groups is 1. The van der Waals surface area contributed by atoms with Crippen LogP contribution in [0, 0.1) is 5.92 Å². The molecule has 0 radical (unpaired) electrons. The zero-order valence-electron chi connectivity index (χ0n) is 10.9. The van der Waals surface area contributed by atoms with Gasteiger partial charge in [0.15, 0.2) is 5.78 Å². The molecule has 6 nitrogen and oxygen atoms in total. The third kappa shape index (κ3) is 2.38. The molecule has 2 aliphatic rings. The van der Waals surface area contributed by atoms with Crippen LogP contribution in [-0.4, -0.2) is 45.4 Å². The highest BCUT2D eigenvalue weighted by molar-refractivity contribution is 8.05. The Labute approximate surface area is 120 Å². The fourth-order valence-electron chi connectivity index (χ4n) is 2.55. The molecule has 1 saturated heterocycles. The summed E-state index contributed by atoms with van der Waals surface area (Å²) >= 11 is 1.12. The number of nitrogens with zero attached hydrogens (tertiary/aromatic N) is 1. The van der Waals surface area contributed by atoms with Gasteiger partial charge < -0.3 is 15.1 Å². The molecule has 2 rings (SSSR count). The number of carboxylic acid groups (broad SMARTS) is 1. The highest BCUT2D eigenvalue weighted by atomic mass is 32.2. The molecule has 2 heterocycles. The van der Waals surface area contributed by atoms with Gasteiger partial charge in [0.05, 0.1) is 12.0 Å². The van der Waals surface area contributed by atoms with Crippen molar-refractivity contribution in [3.63, 3.8) is 0 Å². The fourth-order valence-corrected chi connectivity index (χ4v) is 3.50. The van der Waals surface area contributed by atoms with Crippen LogP contribution < -0.4 is 0 Å². The molecule has 1 amide bonds. The van der Waals surface area contributed by atoms with Crippen LogP contribution in [0.3, 0.4) is 0 Å². The van der Waals surface area contributed by atoms with Crippen molar-refractivity contribution < 1.29 is 24.6 Å². The maximum atomic E-state index is 11.9. The standard InChI is InChI=1S/C13H15NO5S/c1-2-8-9-5-10(20-4-3-7(16)6-15)11(13(18)19)14(9)12(8)17/h3-4,8-9,15H,2,5-6H2,1H3,(H,18,19)/b4-3+/t8?,9-/m1/s1. The number of hydrogen-bond donors (Lipinski definition) is 2. The van der Waals surface area contributed by atoms with Crippen LogP contribution in [0.2, 0.25) is 0 Å². The number of carboxylic acids is 1. The molecule has 0 saturated carbocycles. The van der Waals surface area contributed by atoms with Gasteiger partial charge in [0.1, 0.15) is 12.3 Å².